The van der Waals surface area contributed by atoms with Crippen LogP contribution in [0, 0.1) is 0 Å². The van der Waals surface area contributed by atoms with Gasteiger partial charge in [-0.25, -0.2) is 4.98 Å². The topological polar surface area (TPSA) is 114 Å². The van der Waals surface area contributed by atoms with Crippen molar-refractivity contribution in [1.82, 2.24) is 14.9 Å². The average Bonchev–Trinajstić information content (AvgIpc) is 3.23. The second-order valence-electron chi connectivity index (χ2n) is 8.40. The molecule has 0 saturated heterocycles. The van der Waals surface area contributed by atoms with Crippen molar-refractivity contribution in [3.8, 4) is 5.75 Å². The van der Waals surface area contributed by atoms with Crippen molar-refractivity contribution in [3.05, 3.63) is 41.6 Å². The Balaban J connectivity index is 1.82. The van der Waals surface area contributed by atoms with Crippen LogP contribution in [0.5, 0.6) is 5.75 Å². The Bertz CT molecular complexity index is 962. The third-order valence-corrected chi connectivity index (χ3v) is 5.17. The Morgan fingerprint density at radius 1 is 1.25 bits per heavy atom. The van der Waals surface area contributed by atoms with E-state index >= 15 is 0 Å². The van der Waals surface area contributed by atoms with Crippen LogP contribution in [-0.2, 0) is 11.2 Å². The highest BCUT2D eigenvalue weighted by Crippen LogP contribution is 2.27. The molecule has 1 atom stereocenters. The number of hydrogen-bond acceptors (Lipinski definition) is 7. The minimum Gasteiger partial charge on any atom is -0.493 e. The van der Waals surface area contributed by atoms with E-state index in [1.807, 2.05) is 26.0 Å². The smallest absolute Gasteiger partial charge is 0.259 e. The van der Waals surface area contributed by atoms with E-state index in [2.05, 4.69) is 15.3 Å². The molecular formula is C23H32N6O3. The summed E-state index contributed by atoms with van der Waals surface area (Å²) >= 11 is 0. The zero-order valence-electron chi connectivity index (χ0n) is 19.2. The van der Waals surface area contributed by atoms with E-state index in [9.17, 15) is 9.59 Å². The van der Waals surface area contributed by atoms with Gasteiger partial charge in [-0.05, 0) is 56.5 Å². The monoisotopic (exact) mass is 440 g/mol. The van der Waals surface area contributed by atoms with Gasteiger partial charge in [0.2, 0.25) is 11.9 Å². The quantitative estimate of drug-likeness (QED) is 0.614. The molecule has 1 aromatic carbocycles. The largest absolute Gasteiger partial charge is 0.493 e. The van der Waals surface area contributed by atoms with Crippen LogP contribution < -0.4 is 20.7 Å². The summed E-state index contributed by atoms with van der Waals surface area (Å²) < 4.78 is 5.56. The fourth-order valence-electron chi connectivity index (χ4n) is 3.55. The number of nitrogens with two attached hydrogens (primary N) is 1. The maximum atomic E-state index is 13.5. The summed E-state index contributed by atoms with van der Waals surface area (Å²) in [7, 11) is 3.36. The van der Waals surface area contributed by atoms with Crippen molar-refractivity contribution in [1.29, 1.82) is 0 Å². The maximum Gasteiger partial charge on any atom is 0.259 e. The first-order chi connectivity index (χ1) is 15.3. The highest BCUT2D eigenvalue weighted by molar-refractivity contribution is 6.05. The fourth-order valence-corrected chi connectivity index (χ4v) is 3.55. The number of nitrogens with one attached hydrogen (secondary N) is 1. The van der Waals surface area contributed by atoms with Crippen LogP contribution in [0.3, 0.4) is 0 Å². The first kappa shape index (κ1) is 23.5. The molecule has 3 rings (SSSR count). The van der Waals surface area contributed by atoms with E-state index in [0.717, 1.165) is 17.7 Å². The number of aromatic nitrogens is 2. The maximum absolute atomic E-state index is 13.5. The van der Waals surface area contributed by atoms with E-state index in [1.54, 1.807) is 37.3 Å². The minimum atomic E-state index is -0.609. The van der Waals surface area contributed by atoms with Crippen molar-refractivity contribution in [2.45, 2.75) is 45.2 Å². The normalized spacial score (nSPS) is 13.3. The average molecular weight is 441 g/mol. The van der Waals surface area contributed by atoms with Crippen molar-refractivity contribution in [3.63, 3.8) is 0 Å². The van der Waals surface area contributed by atoms with E-state index in [1.165, 1.54) is 4.90 Å². The molecule has 0 unspecified atom stereocenters. The molecule has 0 radical (unpaired) electrons. The number of amides is 2. The molecule has 1 aromatic heterocycles. The lowest BCUT2D eigenvalue weighted by Gasteiger charge is -2.24. The summed E-state index contributed by atoms with van der Waals surface area (Å²) in [6.45, 7) is 4.99. The highest BCUT2D eigenvalue weighted by atomic mass is 16.5. The van der Waals surface area contributed by atoms with Crippen LogP contribution in [0.15, 0.2) is 30.5 Å². The third-order valence-electron chi connectivity index (χ3n) is 5.17. The molecule has 172 valence electrons. The number of fused-ring (bicyclic) bond motifs is 1. The lowest BCUT2D eigenvalue weighted by molar-refractivity contribution is -0.130. The summed E-state index contributed by atoms with van der Waals surface area (Å²) in [4.78, 5) is 37.5. The number of anilines is 2. The number of nitrogens with zero attached hydrogens (tertiary/aromatic N) is 4. The van der Waals surface area contributed by atoms with Crippen LogP contribution in [0.1, 0.15) is 42.6 Å². The zero-order valence-corrected chi connectivity index (χ0v) is 19.2. The molecule has 0 spiro atoms. The summed E-state index contributed by atoms with van der Waals surface area (Å²) in [6.07, 6.45) is 3.43. The van der Waals surface area contributed by atoms with Gasteiger partial charge in [-0.1, -0.05) is 0 Å². The molecule has 1 aliphatic heterocycles. The Morgan fingerprint density at radius 2 is 2.03 bits per heavy atom. The number of benzene rings is 1. The SMILES string of the molecule is CC(C)Nc1nccc(N(CCC[C@@H](N)C(=O)N(C)C)C(=O)c2ccc3c(c2)CCO3)n1. The van der Waals surface area contributed by atoms with E-state index in [0.29, 0.717) is 43.3 Å². The number of hydrogen-bond donors (Lipinski definition) is 2. The van der Waals surface area contributed by atoms with Crippen LogP contribution >= 0.6 is 0 Å². The van der Waals surface area contributed by atoms with Crippen molar-refractivity contribution in [2.75, 3.05) is 37.5 Å². The van der Waals surface area contributed by atoms with E-state index in [4.69, 9.17) is 10.5 Å². The lowest BCUT2D eigenvalue weighted by atomic mass is 10.1. The summed E-state index contributed by atoms with van der Waals surface area (Å²) in [5.41, 5.74) is 7.62. The van der Waals surface area contributed by atoms with Crippen LogP contribution in [0.4, 0.5) is 11.8 Å². The van der Waals surface area contributed by atoms with Gasteiger partial charge in [0.05, 0.1) is 12.6 Å². The van der Waals surface area contributed by atoms with Gasteiger partial charge in [-0.2, -0.15) is 4.98 Å². The van der Waals surface area contributed by atoms with Gasteiger partial charge >= 0.3 is 0 Å². The fraction of sp³-hybridized carbons (Fsp3) is 0.478. The minimum absolute atomic E-state index is 0.132. The van der Waals surface area contributed by atoms with Gasteiger partial charge in [0.25, 0.3) is 5.91 Å². The standard InChI is InChI=1S/C23H32N6O3/c1-15(2)26-23-25-11-9-20(27-23)29(12-5-6-18(24)22(31)28(3)4)21(30)17-7-8-19-16(14-17)10-13-32-19/h7-9,11,14-15,18H,5-6,10,12-13,24H2,1-4H3,(H,25,26,27)/t18-/m1/s1. The Morgan fingerprint density at radius 3 is 2.75 bits per heavy atom. The lowest BCUT2D eigenvalue weighted by Crippen LogP contribution is -2.40. The zero-order chi connectivity index (χ0) is 23.3. The molecule has 2 heterocycles. The summed E-state index contributed by atoms with van der Waals surface area (Å²) in [6, 6.07) is 6.75. The van der Waals surface area contributed by atoms with Gasteiger partial charge in [-0.3, -0.25) is 14.5 Å². The van der Waals surface area contributed by atoms with Crippen molar-refractivity contribution >= 4 is 23.6 Å². The number of rotatable bonds is 9. The van der Waals surface area contributed by atoms with Gasteiger partial charge in [0.1, 0.15) is 11.6 Å². The Hall–Kier alpha value is -3.20. The molecule has 0 saturated carbocycles. The van der Waals surface area contributed by atoms with Gasteiger partial charge < -0.3 is 20.7 Å². The molecule has 2 amide bonds. The molecule has 9 heteroatoms. The number of carbonyl (C=O) groups is 2. The van der Waals surface area contributed by atoms with Crippen molar-refractivity contribution < 1.29 is 14.3 Å². The molecular weight excluding hydrogens is 408 g/mol. The van der Waals surface area contributed by atoms with Gasteiger partial charge in [0, 0.05) is 44.9 Å². The molecule has 1 aliphatic rings. The van der Waals surface area contributed by atoms with Crippen LogP contribution in [0.2, 0.25) is 0 Å². The van der Waals surface area contributed by atoms with Crippen molar-refractivity contribution in [2.24, 2.45) is 5.73 Å². The second kappa shape index (κ2) is 10.4. The van der Waals surface area contributed by atoms with E-state index < -0.39 is 6.04 Å². The molecule has 9 nitrogen and oxygen atoms in total. The molecule has 32 heavy (non-hydrogen) atoms. The predicted octanol–water partition coefficient (Wildman–Crippen LogP) is 2.07. The Kier molecular flexibility index (Phi) is 7.63. The number of ether oxygens (including phenoxy) is 1. The first-order valence-electron chi connectivity index (χ1n) is 10.9. The molecule has 2 aromatic rings. The predicted molar refractivity (Wildman–Crippen MR) is 124 cm³/mol. The van der Waals surface area contributed by atoms with Gasteiger partial charge in [0.15, 0.2) is 0 Å². The molecule has 0 aliphatic carbocycles. The molecule has 0 fully saturated rings. The van der Waals surface area contributed by atoms with E-state index in [-0.39, 0.29) is 17.9 Å². The van der Waals surface area contributed by atoms with Crippen LogP contribution in [-0.4, -0.2) is 66.0 Å². The number of carbonyl (C=O) groups excluding carboxylic acids is 2. The summed E-state index contributed by atoms with van der Waals surface area (Å²) in [5.74, 6) is 1.48. The second-order valence-corrected chi connectivity index (χ2v) is 8.40. The Labute approximate surface area is 189 Å². The molecule has 3 N–H and O–H groups in total. The third kappa shape index (κ3) is 5.73. The number of likely N-dealkylation sites (N-methyl/N-ethyl adjacent to an activating group) is 1. The first-order valence-corrected chi connectivity index (χ1v) is 10.9. The van der Waals surface area contributed by atoms with Crippen LogP contribution in [0.25, 0.3) is 0 Å². The van der Waals surface area contributed by atoms with Gasteiger partial charge in [-0.15, -0.1) is 0 Å². The summed E-state index contributed by atoms with van der Waals surface area (Å²) in [5, 5.41) is 3.17. The highest BCUT2D eigenvalue weighted by Gasteiger charge is 2.23. The molecule has 0 bridgehead atoms.